The van der Waals surface area contributed by atoms with E-state index >= 15 is 0 Å². The van der Waals surface area contributed by atoms with Crippen LogP contribution in [0.25, 0.3) is 0 Å². The molecule has 1 atom stereocenters. The summed E-state index contributed by atoms with van der Waals surface area (Å²) in [5.74, 6) is 0.885. The number of carbonyl (C=O) groups is 1. The van der Waals surface area contributed by atoms with Crippen molar-refractivity contribution < 1.29 is 4.79 Å². The second-order valence-corrected chi connectivity index (χ2v) is 7.03. The van der Waals surface area contributed by atoms with Crippen molar-refractivity contribution in [1.82, 2.24) is 24.9 Å². The van der Waals surface area contributed by atoms with Crippen molar-refractivity contribution in [3.63, 3.8) is 0 Å². The fraction of sp³-hybridized carbons (Fsp3) is 0.750. The number of nitrogens with zero attached hydrogens (tertiary/aromatic N) is 4. The molecule has 122 valence electrons. The molecule has 0 spiro atoms. The standard InChI is InChI=1S/C16H27N5O/c1-12(2)8-13-9-14(18-17-13)10-20-5-7-21-6-4-19(3)16(22)15(21)11-20/h9,12,15H,4-8,10-11H2,1-3H3,(H,17,18)/t15-/m0/s1. The summed E-state index contributed by atoms with van der Waals surface area (Å²) in [5, 5.41) is 7.54. The maximum absolute atomic E-state index is 12.3. The Morgan fingerprint density at radius 3 is 2.86 bits per heavy atom. The third kappa shape index (κ3) is 3.33. The third-order valence-corrected chi connectivity index (χ3v) is 4.65. The van der Waals surface area contributed by atoms with E-state index < -0.39 is 0 Å². The molecule has 3 heterocycles. The summed E-state index contributed by atoms with van der Waals surface area (Å²) in [6, 6.07) is 2.20. The molecular formula is C16H27N5O. The zero-order valence-electron chi connectivity index (χ0n) is 13.9. The van der Waals surface area contributed by atoms with Crippen LogP contribution in [-0.4, -0.2) is 76.6 Å². The van der Waals surface area contributed by atoms with Crippen LogP contribution in [0.15, 0.2) is 6.07 Å². The van der Waals surface area contributed by atoms with Crippen molar-refractivity contribution in [2.75, 3.05) is 39.8 Å². The summed E-state index contributed by atoms with van der Waals surface area (Å²) >= 11 is 0. The van der Waals surface area contributed by atoms with Crippen LogP contribution in [-0.2, 0) is 17.8 Å². The van der Waals surface area contributed by atoms with E-state index in [-0.39, 0.29) is 11.9 Å². The maximum atomic E-state index is 12.3. The number of hydrogen-bond donors (Lipinski definition) is 1. The van der Waals surface area contributed by atoms with Crippen molar-refractivity contribution >= 4 is 5.91 Å². The van der Waals surface area contributed by atoms with Crippen LogP contribution in [0.1, 0.15) is 25.2 Å². The highest BCUT2D eigenvalue weighted by atomic mass is 16.2. The number of aromatic nitrogens is 2. The molecule has 0 aliphatic carbocycles. The Kier molecular flexibility index (Phi) is 4.49. The summed E-state index contributed by atoms with van der Waals surface area (Å²) in [7, 11) is 1.91. The molecule has 2 fully saturated rings. The Bertz CT molecular complexity index is 526. The summed E-state index contributed by atoms with van der Waals surface area (Å²) in [4.78, 5) is 18.9. The minimum atomic E-state index is 0.0329. The summed E-state index contributed by atoms with van der Waals surface area (Å²) in [6.45, 7) is 9.95. The second-order valence-electron chi connectivity index (χ2n) is 7.03. The number of H-pyrrole nitrogens is 1. The van der Waals surface area contributed by atoms with Crippen molar-refractivity contribution in [3.05, 3.63) is 17.5 Å². The molecule has 1 amide bonds. The average Bonchev–Trinajstić information content (AvgIpc) is 2.90. The van der Waals surface area contributed by atoms with E-state index in [1.54, 1.807) is 0 Å². The highest BCUT2D eigenvalue weighted by Gasteiger charge is 2.37. The number of amides is 1. The first-order chi connectivity index (χ1) is 10.5. The maximum Gasteiger partial charge on any atom is 0.241 e. The van der Waals surface area contributed by atoms with E-state index in [4.69, 9.17) is 0 Å². The second kappa shape index (κ2) is 6.38. The van der Waals surface area contributed by atoms with Gasteiger partial charge in [0.15, 0.2) is 0 Å². The summed E-state index contributed by atoms with van der Waals surface area (Å²) in [6.07, 6.45) is 1.01. The van der Waals surface area contributed by atoms with Crippen LogP contribution in [0, 0.1) is 5.92 Å². The van der Waals surface area contributed by atoms with Gasteiger partial charge in [-0.3, -0.25) is 19.7 Å². The topological polar surface area (TPSA) is 55.5 Å². The molecular weight excluding hydrogens is 278 g/mol. The van der Waals surface area contributed by atoms with E-state index in [0.717, 1.165) is 57.1 Å². The number of rotatable bonds is 4. The molecule has 0 radical (unpaired) electrons. The van der Waals surface area contributed by atoms with Gasteiger partial charge in [0.05, 0.1) is 5.69 Å². The molecule has 0 saturated carbocycles. The number of carbonyl (C=O) groups excluding carboxylic acids is 1. The quantitative estimate of drug-likeness (QED) is 0.883. The first-order valence-electron chi connectivity index (χ1n) is 8.27. The molecule has 0 aromatic carbocycles. The fourth-order valence-electron chi connectivity index (χ4n) is 3.42. The monoisotopic (exact) mass is 305 g/mol. The van der Waals surface area contributed by atoms with Crippen molar-refractivity contribution in [2.45, 2.75) is 32.9 Å². The van der Waals surface area contributed by atoms with Gasteiger partial charge in [-0.05, 0) is 18.4 Å². The van der Waals surface area contributed by atoms with Gasteiger partial charge < -0.3 is 4.90 Å². The SMILES string of the molecule is CC(C)Cc1cc(CN2CCN3CCN(C)C(=O)[C@@H]3C2)[nH]n1. The average molecular weight is 305 g/mol. The third-order valence-electron chi connectivity index (χ3n) is 4.65. The van der Waals surface area contributed by atoms with E-state index in [1.807, 2.05) is 11.9 Å². The first-order valence-corrected chi connectivity index (χ1v) is 8.27. The minimum absolute atomic E-state index is 0.0329. The lowest BCUT2D eigenvalue weighted by molar-refractivity contribution is -0.143. The lowest BCUT2D eigenvalue weighted by Crippen LogP contribution is -2.63. The van der Waals surface area contributed by atoms with Crippen molar-refractivity contribution in [2.24, 2.45) is 5.92 Å². The number of likely N-dealkylation sites (N-methyl/N-ethyl adjacent to an activating group) is 1. The van der Waals surface area contributed by atoms with Gasteiger partial charge in [0.2, 0.25) is 5.91 Å². The minimum Gasteiger partial charge on any atom is -0.343 e. The van der Waals surface area contributed by atoms with Crippen LogP contribution < -0.4 is 0 Å². The van der Waals surface area contributed by atoms with Crippen molar-refractivity contribution in [3.8, 4) is 0 Å². The molecule has 2 aliphatic rings. The lowest BCUT2D eigenvalue weighted by Gasteiger charge is -2.45. The molecule has 1 N–H and O–H groups in total. The molecule has 1 aromatic rings. The van der Waals surface area contributed by atoms with E-state index in [9.17, 15) is 4.79 Å². The number of fused-ring (bicyclic) bond motifs is 1. The molecule has 1 aromatic heterocycles. The van der Waals surface area contributed by atoms with Crippen LogP contribution in [0.5, 0.6) is 0 Å². The van der Waals surface area contributed by atoms with Gasteiger partial charge in [-0.2, -0.15) is 5.10 Å². The number of hydrogen-bond acceptors (Lipinski definition) is 4. The predicted molar refractivity (Wildman–Crippen MR) is 85.4 cm³/mol. The summed E-state index contributed by atoms with van der Waals surface area (Å²) < 4.78 is 0. The van der Waals surface area contributed by atoms with E-state index in [0.29, 0.717) is 5.92 Å². The van der Waals surface area contributed by atoms with E-state index in [1.165, 1.54) is 0 Å². The molecule has 6 nitrogen and oxygen atoms in total. The van der Waals surface area contributed by atoms with Gasteiger partial charge in [0.1, 0.15) is 6.04 Å². The van der Waals surface area contributed by atoms with Gasteiger partial charge in [-0.15, -0.1) is 0 Å². The van der Waals surface area contributed by atoms with Gasteiger partial charge in [0.25, 0.3) is 0 Å². The Morgan fingerprint density at radius 2 is 2.09 bits per heavy atom. The van der Waals surface area contributed by atoms with Gasteiger partial charge in [-0.25, -0.2) is 0 Å². The van der Waals surface area contributed by atoms with Crippen LogP contribution in [0.4, 0.5) is 0 Å². The molecule has 0 bridgehead atoms. The Labute approximate surface area is 132 Å². The zero-order valence-corrected chi connectivity index (χ0v) is 13.9. The lowest BCUT2D eigenvalue weighted by atomic mass is 10.1. The Hall–Kier alpha value is -1.40. The molecule has 22 heavy (non-hydrogen) atoms. The molecule has 6 heteroatoms. The molecule has 2 aliphatic heterocycles. The fourth-order valence-corrected chi connectivity index (χ4v) is 3.42. The number of piperazine rings is 2. The number of aromatic amines is 1. The smallest absolute Gasteiger partial charge is 0.241 e. The Balaban J connectivity index is 1.59. The van der Waals surface area contributed by atoms with Crippen molar-refractivity contribution in [1.29, 1.82) is 0 Å². The zero-order chi connectivity index (χ0) is 15.7. The van der Waals surface area contributed by atoms with Gasteiger partial charge in [0, 0.05) is 52.0 Å². The molecule has 2 saturated heterocycles. The first kappa shape index (κ1) is 15.5. The largest absolute Gasteiger partial charge is 0.343 e. The predicted octanol–water partition coefficient (Wildman–Crippen LogP) is 0.566. The summed E-state index contributed by atoms with van der Waals surface area (Å²) in [5.41, 5.74) is 2.29. The molecule has 3 rings (SSSR count). The van der Waals surface area contributed by atoms with Crippen LogP contribution in [0.2, 0.25) is 0 Å². The molecule has 0 unspecified atom stereocenters. The normalized spacial score (nSPS) is 24.1. The van der Waals surface area contributed by atoms with Crippen LogP contribution >= 0.6 is 0 Å². The highest BCUT2D eigenvalue weighted by molar-refractivity contribution is 5.82. The Morgan fingerprint density at radius 1 is 1.32 bits per heavy atom. The highest BCUT2D eigenvalue weighted by Crippen LogP contribution is 2.18. The van der Waals surface area contributed by atoms with Gasteiger partial charge in [-0.1, -0.05) is 13.8 Å². The number of nitrogens with one attached hydrogen (secondary N) is 1. The van der Waals surface area contributed by atoms with E-state index in [2.05, 4.69) is 39.9 Å². The van der Waals surface area contributed by atoms with Crippen LogP contribution in [0.3, 0.4) is 0 Å². The van der Waals surface area contributed by atoms with Gasteiger partial charge >= 0.3 is 0 Å².